The van der Waals surface area contributed by atoms with Crippen molar-refractivity contribution in [3.63, 3.8) is 0 Å². The van der Waals surface area contributed by atoms with Crippen molar-refractivity contribution in [2.75, 3.05) is 7.11 Å². The highest BCUT2D eigenvalue weighted by Gasteiger charge is 2.11. The first-order chi connectivity index (χ1) is 10.4. The van der Waals surface area contributed by atoms with Crippen LogP contribution in [-0.2, 0) is 4.79 Å². The van der Waals surface area contributed by atoms with Gasteiger partial charge in [-0.1, -0.05) is 23.2 Å². The molecule has 1 N–H and O–H groups in total. The Balaban J connectivity index is 0.000000255. The molecule has 0 saturated heterocycles. The Kier molecular flexibility index (Phi) is 7.49. The van der Waals surface area contributed by atoms with Gasteiger partial charge in [0.2, 0.25) is 0 Å². The van der Waals surface area contributed by atoms with E-state index in [2.05, 4.69) is 4.98 Å². The lowest BCUT2D eigenvalue weighted by molar-refractivity contribution is -0.144. The van der Waals surface area contributed by atoms with Gasteiger partial charge in [0.15, 0.2) is 6.10 Å². The fourth-order valence-electron chi connectivity index (χ4n) is 1.29. The molecule has 0 spiro atoms. The molecule has 22 heavy (non-hydrogen) atoms. The number of carboxylic acid groups (broad SMARTS) is 1. The molecular weight excluding hydrogens is 329 g/mol. The van der Waals surface area contributed by atoms with E-state index < -0.39 is 12.1 Å². The summed E-state index contributed by atoms with van der Waals surface area (Å²) in [5.74, 6) is 0.238. The maximum absolute atomic E-state index is 10.5. The van der Waals surface area contributed by atoms with Gasteiger partial charge in [0, 0.05) is 12.4 Å². The van der Waals surface area contributed by atoms with Crippen molar-refractivity contribution in [3.8, 4) is 11.5 Å². The highest BCUT2D eigenvalue weighted by molar-refractivity contribution is 6.34. The first-order valence-corrected chi connectivity index (χ1v) is 6.97. The smallest absolute Gasteiger partial charge is 0.344 e. The number of ether oxygens (including phenoxy) is 2. The van der Waals surface area contributed by atoms with E-state index in [1.165, 1.54) is 19.3 Å². The summed E-state index contributed by atoms with van der Waals surface area (Å²) in [4.78, 5) is 14.2. The van der Waals surface area contributed by atoms with Gasteiger partial charge in [-0.3, -0.25) is 4.98 Å². The third-order valence-corrected chi connectivity index (χ3v) is 2.80. The number of halogens is 2. The van der Waals surface area contributed by atoms with Crippen molar-refractivity contribution in [1.29, 1.82) is 0 Å². The Morgan fingerprint density at radius 3 is 2.00 bits per heavy atom. The maximum atomic E-state index is 10.5. The third-order valence-electron chi connectivity index (χ3n) is 2.39. The summed E-state index contributed by atoms with van der Waals surface area (Å²) in [5.41, 5.74) is 0. The lowest BCUT2D eigenvalue weighted by atomic mass is 10.3. The number of hydrogen-bond acceptors (Lipinski definition) is 4. The number of pyridine rings is 1. The lowest BCUT2D eigenvalue weighted by Crippen LogP contribution is -2.22. The van der Waals surface area contributed by atoms with E-state index in [0.29, 0.717) is 21.5 Å². The fraction of sp³-hybridized carbons (Fsp3) is 0.200. The Hall–Kier alpha value is -1.98. The second kappa shape index (κ2) is 9.12. The molecule has 1 heterocycles. The zero-order valence-electron chi connectivity index (χ0n) is 12.0. The molecule has 0 fully saturated rings. The Labute approximate surface area is 138 Å². The minimum Gasteiger partial charge on any atom is -0.497 e. The van der Waals surface area contributed by atoms with Gasteiger partial charge < -0.3 is 14.6 Å². The van der Waals surface area contributed by atoms with E-state index in [4.69, 9.17) is 37.8 Å². The highest BCUT2D eigenvalue weighted by Crippen LogP contribution is 2.18. The Morgan fingerprint density at radius 2 is 1.64 bits per heavy atom. The van der Waals surface area contributed by atoms with Crippen LogP contribution in [0.1, 0.15) is 6.92 Å². The number of aliphatic carboxylic acids is 1. The largest absolute Gasteiger partial charge is 0.497 e. The molecular formula is C15H15Cl2NO4. The standard InChI is InChI=1S/C10H12O4.C5H3Cl2N/c1-7(10(11)12)14-9-5-3-8(13-2)4-6-9;6-4-1-5(7)3-8-2-4/h3-7H,1-2H3,(H,11,12);1-3H. The minimum absolute atomic E-state index is 0.515. The van der Waals surface area contributed by atoms with Crippen LogP contribution in [0, 0.1) is 0 Å². The van der Waals surface area contributed by atoms with Gasteiger partial charge >= 0.3 is 5.97 Å². The number of nitrogens with zero attached hydrogens (tertiary/aromatic N) is 1. The molecule has 0 aliphatic carbocycles. The summed E-state index contributed by atoms with van der Waals surface area (Å²) in [6.45, 7) is 1.48. The van der Waals surface area contributed by atoms with Crippen molar-refractivity contribution in [2.45, 2.75) is 13.0 Å². The summed E-state index contributed by atoms with van der Waals surface area (Å²) < 4.78 is 10.1. The van der Waals surface area contributed by atoms with Gasteiger partial charge in [0.25, 0.3) is 0 Å². The highest BCUT2D eigenvalue weighted by atomic mass is 35.5. The molecule has 2 rings (SSSR count). The molecule has 1 aromatic heterocycles. The van der Waals surface area contributed by atoms with Crippen LogP contribution in [0.15, 0.2) is 42.7 Å². The van der Waals surface area contributed by atoms with Crippen LogP contribution in [0.25, 0.3) is 0 Å². The van der Waals surface area contributed by atoms with Crippen molar-refractivity contribution < 1.29 is 19.4 Å². The lowest BCUT2D eigenvalue weighted by Gasteiger charge is -2.10. The van der Waals surface area contributed by atoms with Gasteiger partial charge in [-0.25, -0.2) is 4.79 Å². The van der Waals surface area contributed by atoms with Gasteiger partial charge in [0.05, 0.1) is 17.2 Å². The Bertz CT molecular complexity index is 587. The summed E-state index contributed by atoms with van der Waals surface area (Å²) >= 11 is 11.0. The zero-order chi connectivity index (χ0) is 16.5. The molecule has 0 aliphatic rings. The number of aromatic nitrogens is 1. The van der Waals surface area contributed by atoms with E-state index in [-0.39, 0.29) is 0 Å². The van der Waals surface area contributed by atoms with Gasteiger partial charge in [-0.05, 0) is 37.3 Å². The minimum atomic E-state index is -0.985. The van der Waals surface area contributed by atoms with Crippen LogP contribution in [0.3, 0.4) is 0 Å². The molecule has 0 saturated carbocycles. The number of rotatable bonds is 4. The monoisotopic (exact) mass is 343 g/mol. The number of methoxy groups -OCH3 is 1. The normalized spacial score (nSPS) is 10.9. The van der Waals surface area contributed by atoms with Crippen LogP contribution in [0.2, 0.25) is 10.0 Å². The molecule has 0 bridgehead atoms. The first kappa shape index (κ1) is 18.1. The van der Waals surface area contributed by atoms with E-state index in [0.717, 1.165) is 0 Å². The quantitative estimate of drug-likeness (QED) is 0.910. The summed E-state index contributed by atoms with van der Waals surface area (Å²) in [5, 5.41) is 9.73. The van der Waals surface area contributed by atoms with E-state index in [1.807, 2.05) is 0 Å². The second-order valence-electron chi connectivity index (χ2n) is 4.10. The first-order valence-electron chi connectivity index (χ1n) is 6.22. The van der Waals surface area contributed by atoms with Crippen molar-refractivity contribution in [3.05, 3.63) is 52.8 Å². The van der Waals surface area contributed by atoms with Crippen LogP contribution in [-0.4, -0.2) is 29.3 Å². The zero-order valence-corrected chi connectivity index (χ0v) is 13.5. The van der Waals surface area contributed by atoms with Crippen molar-refractivity contribution >= 4 is 29.2 Å². The maximum Gasteiger partial charge on any atom is 0.344 e. The van der Waals surface area contributed by atoms with Crippen molar-refractivity contribution in [1.82, 2.24) is 4.98 Å². The van der Waals surface area contributed by atoms with Gasteiger partial charge in [-0.15, -0.1) is 0 Å². The van der Waals surface area contributed by atoms with Crippen molar-refractivity contribution in [2.24, 2.45) is 0 Å². The number of carboxylic acids is 1. The number of hydrogen-bond donors (Lipinski definition) is 1. The number of benzene rings is 1. The Morgan fingerprint density at radius 1 is 1.14 bits per heavy atom. The molecule has 1 aromatic carbocycles. The van der Waals surface area contributed by atoms with Crippen LogP contribution in [0.4, 0.5) is 0 Å². The third kappa shape index (κ3) is 6.65. The van der Waals surface area contributed by atoms with Gasteiger partial charge in [-0.2, -0.15) is 0 Å². The fourth-order valence-corrected chi connectivity index (χ4v) is 1.70. The topological polar surface area (TPSA) is 68.7 Å². The second-order valence-corrected chi connectivity index (χ2v) is 4.97. The van der Waals surface area contributed by atoms with E-state index >= 15 is 0 Å². The summed E-state index contributed by atoms with van der Waals surface area (Å²) in [6, 6.07) is 8.39. The van der Waals surface area contributed by atoms with E-state index in [1.54, 1.807) is 37.4 Å². The molecule has 0 aliphatic heterocycles. The predicted octanol–water partition coefficient (Wildman–Crippen LogP) is 3.94. The molecule has 7 heteroatoms. The summed E-state index contributed by atoms with van der Waals surface area (Å²) in [6.07, 6.45) is 2.23. The molecule has 0 radical (unpaired) electrons. The average molecular weight is 344 g/mol. The summed E-state index contributed by atoms with van der Waals surface area (Å²) in [7, 11) is 1.57. The molecule has 118 valence electrons. The molecule has 5 nitrogen and oxygen atoms in total. The van der Waals surface area contributed by atoms with Crippen LogP contribution < -0.4 is 9.47 Å². The predicted molar refractivity (Wildman–Crippen MR) is 85.0 cm³/mol. The number of carbonyl (C=O) groups is 1. The van der Waals surface area contributed by atoms with Crippen LogP contribution >= 0.6 is 23.2 Å². The van der Waals surface area contributed by atoms with Crippen LogP contribution in [0.5, 0.6) is 11.5 Å². The van der Waals surface area contributed by atoms with Gasteiger partial charge in [0.1, 0.15) is 11.5 Å². The SMILES string of the molecule is COc1ccc(OC(C)C(=O)O)cc1.Clc1cncc(Cl)c1. The van der Waals surface area contributed by atoms with E-state index in [9.17, 15) is 4.79 Å². The molecule has 1 atom stereocenters. The molecule has 1 unspecified atom stereocenters. The molecule has 2 aromatic rings. The average Bonchev–Trinajstić information content (AvgIpc) is 2.48. The molecule has 0 amide bonds.